The molecule has 6 heteroatoms. The monoisotopic (exact) mass is 180 g/mol. The predicted octanol–water partition coefficient (Wildman–Crippen LogP) is -1.16. The predicted molar refractivity (Wildman–Crippen MR) is 44.6 cm³/mol. The van der Waals surface area contributed by atoms with Crippen LogP contribution in [0.15, 0.2) is 0 Å². The zero-order valence-electron chi connectivity index (χ0n) is 7.19. The van der Waals surface area contributed by atoms with Gasteiger partial charge in [-0.15, -0.1) is 0 Å². The molecule has 0 atom stereocenters. The molecule has 0 aliphatic heterocycles. The molecule has 0 rings (SSSR count). The summed E-state index contributed by atoms with van der Waals surface area (Å²) < 4.78 is 0. The molecule has 0 amide bonds. The molecule has 3 N–H and O–H groups in total. The maximum Gasteiger partial charge on any atom is 0.201 e. The van der Waals surface area contributed by atoms with Crippen LogP contribution in [0, 0.1) is 10.1 Å². The topological polar surface area (TPSA) is 95.6 Å². The van der Waals surface area contributed by atoms with Crippen LogP contribution in [0.1, 0.15) is 6.92 Å². The molecule has 74 valence electrons. The lowest BCUT2D eigenvalue weighted by Crippen LogP contribution is -2.21. The molecule has 0 heterocycles. The van der Waals surface area contributed by atoms with Crippen LogP contribution in [0.3, 0.4) is 0 Å². The van der Waals surface area contributed by atoms with Gasteiger partial charge in [-0.3, -0.25) is 10.1 Å². The van der Waals surface area contributed by atoms with Gasteiger partial charge in [-0.05, 0) is 0 Å². The zero-order valence-corrected chi connectivity index (χ0v) is 7.19. The quantitative estimate of drug-likeness (QED) is 0.282. The molecule has 0 aromatic rings. The van der Waals surface area contributed by atoms with Crippen molar-refractivity contribution >= 4 is 0 Å². The number of nitrogens with zero attached hydrogens (tertiary/aromatic N) is 1. The van der Waals surface area contributed by atoms with Gasteiger partial charge in [-0.25, -0.2) is 0 Å². The van der Waals surface area contributed by atoms with Gasteiger partial charge in [0.2, 0.25) is 6.54 Å². The van der Waals surface area contributed by atoms with E-state index in [0.717, 1.165) is 0 Å². The van der Waals surface area contributed by atoms with Crippen LogP contribution < -0.4 is 5.32 Å². The van der Waals surface area contributed by atoms with E-state index >= 15 is 0 Å². The van der Waals surface area contributed by atoms with E-state index in [1.807, 2.05) is 0 Å². The molecule has 0 saturated carbocycles. The van der Waals surface area contributed by atoms with Crippen molar-refractivity contribution < 1.29 is 15.1 Å². The average Bonchev–Trinajstić information content (AvgIpc) is 2.07. The summed E-state index contributed by atoms with van der Waals surface area (Å²) in [6.07, 6.45) is 0. The number of rotatable bonds is 5. The van der Waals surface area contributed by atoms with Crippen LogP contribution in [-0.2, 0) is 0 Å². The van der Waals surface area contributed by atoms with Crippen LogP contribution in [0.2, 0.25) is 0 Å². The summed E-state index contributed by atoms with van der Waals surface area (Å²) in [5, 5.41) is 28.3. The summed E-state index contributed by atoms with van der Waals surface area (Å²) in [7, 11) is 0. The van der Waals surface area contributed by atoms with Gasteiger partial charge in [-0.1, -0.05) is 0 Å². The lowest BCUT2D eigenvalue weighted by atomic mass is 10.6. The Morgan fingerprint density at radius 1 is 1.33 bits per heavy atom. The van der Waals surface area contributed by atoms with E-state index < -0.39 is 0 Å². The van der Waals surface area contributed by atoms with Crippen molar-refractivity contribution in [2.24, 2.45) is 0 Å². The van der Waals surface area contributed by atoms with E-state index in [1.165, 1.54) is 6.92 Å². The van der Waals surface area contributed by atoms with Crippen molar-refractivity contribution in [3.8, 4) is 0 Å². The Morgan fingerprint density at radius 2 is 1.67 bits per heavy atom. The summed E-state index contributed by atoms with van der Waals surface area (Å²) in [4.78, 5) is 8.80. The lowest BCUT2D eigenvalue weighted by Gasteiger charge is -1.94. The van der Waals surface area contributed by atoms with Gasteiger partial charge in [0, 0.05) is 24.9 Å². The van der Waals surface area contributed by atoms with E-state index in [0.29, 0.717) is 13.1 Å². The van der Waals surface area contributed by atoms with Gasteiger partial charge >= 0.3 is 0 Å². The maximum atomic E-state index is 9.17. The summed E-state index contributed by atoms with van der Waals surface area (Å²) in [5.41, 5.74) is 0. The first-order valence-corrected chi connectivity index (χ1v) is 3.73. The van der Waals surface area contributed by atoms with E-state index in [1.54, 1.807) is 0 Å². The fourth-order valence-corrected chi connectivity index (χ4v) is 0.283. The van der Waals surface area contributed by atoms with Crippen LogP contribution in [0.5, 0.6) is 0 Å². The van der Waals surface area contributed by atoms with Crippen molar-refractivity contribution in [1.29, 1.82) is 0 Å². The highest BCUT2D eigenvalue weighted by Gasteiger charge is 1.78. The Hall–Kier alpha value is -0.720. The lowest BCUT2D eigenvalue weighted by molar-refractivity contribution is -0.475. The van der Waals surface area contributed by atoms with Crippen LogP contribution in [-0.4, -0.2) is 48.0 Å². The van der Waals surface area contributed by atoms with Crippen LogP contribution >= 0.6 is 0 Å². The first kappa shape index (κ1) is 13.8. The van der Waals surface area contributed by atoms with Gasteiger partial charge in [0.15, 0.2) is 0 Å². The van der Waals surface area contributed by atoms with Gasteiger partial charge in [-0.2, -0.15) is 0 Å². The van der Waals surface area contributed by atoms with Crippen molar-refractivity contribution in [2.45, 2.75) is 6.92 Å². The third kappa shape index (κ3) is 22.8. The number of nitro groups is 1. The minimum Gasteiger partial charge on any atom is -0.395 e. The molecular formula is C6H16N2O4. The summed E-state index contributed by atoms with van der Waals surface area (Å²) >= 11 is 0. The Bertz CT molecular complexity index is 95.5. The minimum atomic E-state index is -0.375. The third-order valence-corrected chi connectivity index (χ3v) is 0.835. The molecule has 0 aliphatic carbocycles. The molecule has 0 aliphatic rings. The van der Waals surface area contributed by atoms with Gasteiger partial charge < -0.3 is 15.5 Å². The third-order valence-electron chi connectivity index (χ3n) is 0.835. The highest BCUT2D eigenvalue weighted by Crippen LogP contribution is 1.57. The molecule has 0 spiro atoms. The molecule has 0 bridgehead atoms. The molecule has 12 heavy (non-hydrogen) atoms. The SMILES string of the molecule is CC[N+](=O)[O-].OCCNCCO. The molecule has 0 unspecified atom stereocenters. The second-order valence-electron chi connectivity index (χ2n) is 1.85. The van der Waals surface area contributed by atoms with E-state index in [2.05, 4.69) is 5.32 Å². The first-order valence-electron chi connectivity index (χ1n) is 3.73. The number of hydrogen-bond donors (Lipinski definition) is 3. The maximum absolute atomic E-state index is 9.17. The van der Waals surface area contributed by atoms with Crippen molar-refractivity contribution in [3.63, 3.8) is 0 Å². The van der Waals surface area contributed by atoms with Gasteiger partial charge in [0.1, 0.15) is 0 Å². The fourth-order valence-electron chi connectivity index (χ4n) is 0.283. The second-order valence-corrected chi connectivity index (χ2v) is 1.85. The van der Waals surface area contributed by atoms with Crippen LogP contribution in [0.25, 0.3) is 0 Å². The molecule has 6 nitrogen and oxygen atoms in total. The molecule has 0 fully saturated rings. The fraction of sp³-hybridized carbons (Fsp3) is 1.00. The molecule has 0 aromatic heterocycles. The molecule has 0 radical (unpaired) electrons. The molecule has 0 saturated heterocycles. The molecule has 0 aromatic carbocycles. The number of aliphatic hydroxyl groups excluding tert-OH is 2. The van der Waals surface area contributed by atoms with Crippen molar-refractivity contribution in [2.75, 3.05) is 32.8 Å². The average molecular weight is 180 g/mol. The number of nitrogens with one attached hydrogen (secondary N) is 1. The van der Waals surface area contributed by atoms with Crippen molar-refractivity contribution in [3.05, 3.63) is 10.1 Å². The Balaban J connectivity index is 0. The highest BCUT2D eigenvalue weighted by atomic mass is 16.6. The first-order chi connectivity index (χ1) is 5.68. The van der Waals surface area contributed by atoms with Gasteiger partial charge in [0.25, 0.3) is 0 Å². The zero-order chi connectivity index (χ0) is 9.82. The Kier molecular flexibility index (Phi) is 14.9. The van der Waals surface area contributed by atoms with E-state index in [-0.39, 0.29) is 24.7 Å². The second kappa shape index (κ2) is 12.9. The Morgan fingerprint density at radius 3 is 1.83 bits per heavy atom. The normalized spacial score (nSPS) is 8.58. The Labute approximate surface area is 71.4 Å². The van der Waals surface area contributed by atoms with E-state index in [4.69, 9.17) is 10.2 Å². The summed E-state index contributed by atoms with van der Waals surface area (Å²) in [5.74, 6) is 0. The summed E-state index contributed by atoms with van der Waals surface area (Å²) in [6, 6.07) is 0. The number of aliphatic hydroxyl groups is 2. The van der Waals surface area contributed by atoms with E-state index in [9.17, 15) is 10.1 Å². The largest absolute Gasteiger partial charge is 0.395 e. The minimum absolute atomic E-state index is 0.0278. The highest BCUT2D eigenvalue weighted by molar-refractivity contribution is 4.39. The molecular weight excluding hydrogens is 164 g/mol. The van der Waals surface area contributed by atoms with Crippen molar-refractivity contribution in [1.82, 2.24) is 5.32 Å². The smallest absolute Gasteiger partial charge is 0.201 e. The van der Waals surface area contributed by atoms with Crippen LogP contribution in [0.4, 0.5) is 0 Å². The van der Waals surface area contributed by atoms with Gasteiger partial charge in [0.05, 0.1) is 13.2 Å². The summed E-state index contributed by atoms with van der Waals surface area (Å²) in [6.45, 7) is 2.95. The number of hydrogen-bond acceptors (Lipinski definition) is 5. The standard InChI is InChI=1S/C4H11NO2.C2H5NO2/c6-3-1-5-2-4-7;1-2-3(4)5/h5-7H,1-4H2;2H2,1H3.